The summed E-state index contributed by atoms with van der Waals surface area (Å²) in [5.74, 6) is 0.0867. The third-order valence-electron chi connectivity index (χ3n) is 2.78. The van der Waals surface area contributed by atoms with Crippen LogP contribution in [-0.4, -0.2) is 15.6 Å². The van der Waals surface area contributed by atoms with E-state index >= 15 is 0 Å². The number of hydrogen-bond acceptors (Lipinski definition) is 2. The second-order valence-corrected chi connectivity index (χ2v) is 3.90. The maximum Gasteiger partial charge on any atom is 0.221 e. The van der Waals surface area contributed by atoms with Crippen LogP contribution in [0.5, 0.6) is 5.75 Å². The normalized spacial score (nSPS) is 10.7. The van der Waals surface area contributed by atoms with Gasteiger partial charge in [-0.3, -0.25) is 4.79 Å². The minimum atomic E-state index is -0.112. The molecule has 2 aromatic rings. The Bertz CT molecular complexity index is 570. The largest absolute Gasteiger partial charge is 0.508 e. The van der Waals surface area contributed by atoms with Crippen molar-refractivity contribution in [1.82, 2.24) is 4.57 Å². The summed E-state index contributed by atoms with van der Waals surface area (Å²) in [5.41, 5.74) is 2.72. The lowest BCUT2D eigenvalue weighted by Crippen LogP contribution is -2.06. The number of aromatic hydroxyl groups is 1. The lowest BCUT2D eigenvalue weighted by atomic mass is 10.2. The smallest absolute Gasteiger partial charge is 0.221 e. The van der Waals surface area contributed by atoms with Gasteiger partial charge >= 0.3 is 0 Å². The molecule has 2 N–H and O–H groups in total. The first kappa shape index (κ1) is 10.5. The molecule has 0 radical (unpaired) electrons. The molecule has 16 heavy (non-hydrogen) atoms. The number of phenols is 1. The highest BCUT2D eigenvalue weighted by Crippen LogP contribution is 2.32. The molecule has 1 amide bonds. The van der Waals surface area contributed by atoms with Gasteiger partial charge in [-0.25, -0.2) is 0 Å². The van der Waals surface area contributed by atoms with Gasteiger partial charge < -0.3 is 15.0 Å². The number of rotatable bonds is 1. The molecular formula is C12H14N2O2. The fourth-order valence-electron chi connectivity index (χ4n) is 1.89. The quantitative estimate of drug-likeness (QED) is 0.770. The van der Waals surface area contributed by atoms with E-state index in [1.807, 2.05) is 24.6 Å². The molecule has 0 aliphatic carbocycles. The van der Waals surface area contributed by atoms with Crippen molar-refractivity contribution in [2.24, 2.45) is 7.05 Å². The molecular weight excluding hydrogens is 204 g/mol. The van der Waals surface area contributed by atoms with Gasteiger partial charge in [0.25, 0.3) is 0 Å². The Morgan fingerprint density at radius 3 is 2.75 bits per heavy atom. The minimum Gasteiger partial charge on any atom is -0.508 e. The number of nitrogens with one attached hydrogen (secondary N) is 1. The summed E-state index contributed by atoms with van der Waals surface area (Å²) in [7, 11) is 1.93. The zero-order valence-electron chi connectivity index (χ0n) is 9.53. The second kappa shape index (κ2) is 3.56. The van der Waals surface area contributed by atoms with Crippen molar-refractivity contribution >= 4 is 22.5 Å². The number of aryl methyl sites for hydroxylation is 1. The van der Waals surface area contributed by atoms with Gasteiger partial charge in [0.05, 0.1) is 11.2 Å². The SMILES string of the molecule is CC(=O)Nc1c(C)n(C)c2ccc(O)cc12. The maximum atomic E-state index is 11.1. The van der Waals surface area contributed by atoms with Gasteiger partial charge in [0.1, 0.15) is 5.75 Å². The molecule has 0 aliphatic heterocycles. The van der Waals surface area contributed by atoms with Crippen LogP contribution >= 0.6 is 0 Å². The van der Waals surface area contributed by atoms with Crippen molar-refractivity contribution in [3.63, 3.8) is 0 Å². The van der Waals surface area contributed by atoms with Gasteiger partial charge in [0.2, 0.25) is 5.91 Å². The Morgan fingerprint density at radius 1 is 1.44 bits per heavy atom. The number of hydrogen-bond donors (Lipinski definition) is 2. The van der Waals surface area contributed by atoms with E-state index in [1.165, 1.54) is 6.92 Å². The molecule has 0 atom stereocenters. The summed E-state index contributed by atoms with van der Waals surface area (Å²) in [4.78, 5) is 11.1. The second-order valence-electron chi connectivity index (χ2n) is 3.90. The van der Waals surface area contributed by atoms with E-state index in [-0.39, 0.29) is 11.7 Å². The molecule has 1 aromatic heterocycles. The molecule has 4 nitrogen and oxygen atoms in total. The molecule has 1 heterocycles. The molecule has 2 rings (SSSR count). The summed E-state index contributed by atoms with van der Waals surface area (Å²) in [5, 5.41) is 13.1. The highest BCUT2D eigenvalue weighted by atomic mass is 16.3. The third kappa shape index (κ3) is 1.52. The van der Waals surface area contributed by atoms with E-state index in [2.05, 4.69) is 5.32 Å². The Balaban J connectivity index is 2.75. The number of anilines is 1. The minimum absolute atomic E-state index is 0.112. The first-order valence-corrected chi connectivity index (χ1v) is 5.06. The average Bonchev–Trinajstić information content (AvgIpc) is 2.43. The summed E-state index contributed by atoms with van der Waals surface area (Å²) < 4.78 is 1.99. The van der Waals surface area contributed by atoms with E-state index in [9.17, 15) is 9.90 Å². The Hall–Kier alpha value is -1.97. The van der Waals surface area contributed by atoms with E-state index in [0.717, 1.165) is 22.3 Å². The highest BCUT2D eigenvalue weighted by molar-refractivity contribution is 6.03. The number of aromatic nitrogens is 1. The van der Waals surface area contributed by atoms with Crippen molar-refractivity contribution < 1.29 is 9.90 Å². The Labute approximate surface area is 93.5 Å². The molecule has 4 heteroatoms. The van der Waals surface area contributed by atoms with Crippen molar-refractivity contribution in [3.8, 4) is 5.75 Å². The van der Waals surface area contributed by atoms with Gasteiger partial charge in [-0.1, -0.05) is 0 Å². The van der Waals surface area contributed by atoms with Crippen LogP contribution in [0.25, 0.3) is 10.9 Å². The molecule has 0 bridgehead atoms. The van der Waals surface area contributed by atoms with Crippen LogP contribution in [0.3, 0.4) is 0 Å². The van der Waals surface area contributed by atoms with Crippen LogP contribution in [0.2, 0.25) is 0 Å². The standard InChI is InChI=1S/C12H14N2O2/c1-7-12(13-8(2)15)10-6-9(16)4-5-11(10)14(7)3/h4-6,16H,1-3H3,(H,13,15). The number of phenolic OH excluding ortho intramolecular Hbond substituents is 1. The van der Waals surface area contributed by atoms with Crippen molar-refractivity contribution in [2.75, 3.05) is 5.32 Å². The number of fused-ring (bicyclic) bond motifs is 1. The molecule has 0 spiro atoms. The molecule has 0 fully saturated rings. The van der Waals surface area contributed by atoms with Crippen molar-refractivity contribution in [1.29, 1.82) is 0 Å². The monoisotopic (exact) mass is 218 g/mol. The van der Waals surface area contributed by atoms with Gasteiger partial charge in [-0.15, -0.1) is 0 Å². The van der Waals surface area contributed by atoms with Crippen LogP contribution in [0.4, 0.5) is 5.69 Å². The molecule has 0 aliphatic rings. The maximum absolute atomic E-state index is 11.1. The first-order valence-electron chi connectivity index (χ1n) is 5.06. The molecule has 1 aromatic carbocycles. The number of benzene rings is 1. The number of carbonyl (C=O) groups excluding carboxylic acids is 1. The van der Waals surface area contributed by atoms with Gasteiger partial charge in [-0.05, 0) is 25.1 Å². The fraction of sp³-hybridized carbons (Fsp3) is 0.250. The lowest BCUT2D eigenvalue weighted by molar-refractivity contribution is -0.114. The summed E-state index contributed by atoms with van der Waals surface area (Å²) >= 11 is 0. The van der Waals surface area contributed by atoms with Crippen LogP contribution in [0, 0.1) is 6.92 Å². The first-order chi connectivity index (χ1) is 7.50. The van der Waals surface area contributed by atoms with E-state index in [0.29, 0.717) is 0 Å². The lowest BCUT2D eigenvalue weighted by Gasteiger charge is -2.02. The average molecular weight is 218 g/mol. The molecule has 0 saturated heterocycles. The third-order valence-corrected chi connectivity index (χ3v) is 2.78. The fourth-order valence-corrected chi connectivity index (χ4v) is 1.89. The van der Waals surface area contributed by atoms with Crippen LogP contribution < -0.4 is 5.32 Å². The van der Waals surface area contributed by atoms with Gasteiger partial charge in [0, 0.05) is 25.1 Å². The van der Waals surface area contributed by atoms with Crippen LogP contribution in [-0.2, 0) is 11.8 Å². The summed E-state index contributed by atoms with van der Waals surface area (Å²) in [6, 6.07) is 5.13. The Kier molecular flexibility index (Phi) is 2.34. The van der Waals surface area contributed by atoms with Crippen LogP contribution in [0.1, 0.15) is 12.6 Å². The predicted octanol–water partition coefficient (Wildman–Crippen LogP) is 2.15. The predicted molar refractivity (Wildman–Crippen MR) is 63.6 cm³/mol. The molecule has 0 saturated carbocycles. The topological polar surface area (TPSA) is 54.3 Å². The zero-order chi connectivity index (χ0) is 11.9. The molecule has 84 valence electrons. The summed E-state index contributed by atoms with van der Waals surface area (Å²) in [6.45, 7) is 3.41. The number of amides is 1. The van der Waals surface area contributed by atoms with E-state index in [4.69, 9.17) is 0 Å². The number of carbonyl (C=O) groups is 1. The van der Waals surface area contributed by atoms with E-state index in [1.54, 1.807) is 12.1 Å². The number of nitrogens with zero attached hydrogens (tertiary/aromatic N) is 1. The Morgan fingerprint density at radius 2 is 2.12 bits per heavy atom. The van der Waals surface area contributed by atoms with Crippen molar-refractivity contribution in [3.05, 3.63) is 23.9 Å². The highest BCUT2D eigenvalue weighted by Gasteiger charge is 2.12. The van der Waals surface area contributed by atoms with Crippen LogP contribution in [0.15, 0.2) is 18.2 Å². The summed E-state index contributed by atoms with van der Waals surface area (Å²) in [6.07, 6.45) is 0. The van der Waals surface area contributed by atoms with Gasteiger partial charge in [-0.2, -0.15) is 0 Å². The zero-order valence-corrected chi connectivity index (χ0v) is 9.53. The molecule has 0 unspecified atom stereocenters. The van der Waals surface area contributed by atoms with Gasteiger partial charge in [0.15, 0.2) is 0 Å². The van der Waals surface area contributed by atoms with E-state index < -0.39 is 0 Å². The van der Waals surface area contributed by atoms with Crippen molar-refractivity contribution in [2.45, 2.75) is 13.8 Å².